The summed E-state index contributed by atoms with van der Waals surface area (Å²) < 4.78 is 5.14. The van der Waals surface area contributed by atoms with Crippen molar-refractivity contribution in [2.75, 3.05) is 11.9 Å². The smallest absolute Gasteiger partial charge is 0.256 e. The second kappa shape index (κ2) is 7.90. The second-order valence-electron chi connectivity index (χ2n) is 6.95. The molecule has 0 spiro atoms. The molecule has 0 amide bonds. The molecule has 152 valence electrons. The van der Waals surface area contributed by atoms with Crippen LogP contribution in [0.25, 0.3) is 22.0 Å². The minimum atomic E-state index is -1.44. The predicted molar refractivity (Wildman–Crippen MR) is 105 cm³/mol. The van der Waals surface area contributed by atoms with Crippen molar-refractivity contribution in [1.29, 1.82) is 0 Å². The maximum Gasteiger partial charge on any atom is 0.256 e. The molecule has 4 rings (SSSR count). The van der Waals surface area contributed by atoms with Gasteiger partial charge in [-0.15, -0.1) is 0 Å². The Hall–Kier alpha value is -2.82. The summed E-state index contributed by atoms with van der Waals surface area (Å²) in [5, 5.41) is 43.3. The Balaban J connectivity index is 1.62. The fourth-order valence-electron chi connectivity index (χ4n) is 3.48. The molecule has 0 aliphatic carbocycles. The van der Waals surface area contributed by atoms with E-state index >= 15 is 0 Å². The normalized spacial score (nSPS) is 27.1. The van der Waals surface area contributed by atoms with Crippen LogP contribution in [0.2, 0.25) is 0 Å². The minimum Gasteiger partial charge on any atom is -0.394 e. The molecule has 29 heavy (non-hydrogen) atoms. The third-order valence-electron chi connectivity index (χ3n) is 5.07. The molecule has 6 N–H and O–H groups in total. The average molecular weight is 399 g/mol. The van der Waals surface area contributed by atoms with Crippen LogP contribution in [0.5, 0.6) is 0 Å². The van der Waals surface area contributed by atoms with Gasteiger partial charge in [-0.05, 0) is 41.3 Å². The van der Waals surface area contributed by atoms with Crippen molar-refractivity contribution in [3.05, 3.63) is 59.1 Å². The first-order valence-electron chi connectivity index (χ1n) is 9.12. The van der Waals surface area contributed by atoms with E-state index in [0.29, 0.717) is 16.8 Å². The van der Waals surface area contributed by atoms with Crippen molar-refractivity contribution in [1.82, 2.24) is 9.97 Å². The Labute approximate surface area is 165 Å². The van der Waals surface area contributed by atoms with Crippen LogP contribution in [0.4, 0.5) is 5.69 Å². The number of anilines is 1. The fourth-order valence-corrected chi connectivity index (χ4v) is 3.48. The van der Waals surface area contributed by atoms with E-state index in [-0.39, 0.29) is 5.56 Å². The molecule has 3 unspecified atom stereocenters. The van der Waals surface area contributed by atoms with Gasteiger partial charge in [0.1, 0.15) is 24.4 Å². The quantitative estimate of drug-likeness (QED) is 0.353. The van der Waals surface area contributed by atoms with E-state index in [0.717, 1.165) is 10.9 Å². The highest BCUT2D eigenvalue weighted by Crippen LogP contribution is 2.26. The number of H-pyrrole nitrogens is 1. The van der Waals surface area contributed by atoms with E-state index in [9.17, 15) is 20.1 Å². The van der Waals surface area contributed by atoms with Crippen LogP contribution in [0.3, 0.4) is 0 Å². The van der Waals surface area contributed by atoms with Crippen LogP contribution in [0.15, 0.2) is 53.6 Å². The van der Waals surface area contributed by atoms with Gasteiger partial charge in [-0.1, -0.05) is 6.07 Å². The molecule has 5 atom stereocenters. The van der Waals surface area contributed by atoms with Gasteiger partial charge in [-0.25, -0.2) is 0 Å². The van der Waals surface area contributed by atoms with E-state index in [4.69, 9.17) is 9.84 Å². The molecular formula is C20H21N3O6. The Bertz CT molecular complexity index is 1060. The van der Waals surface area contributed by atoms with Crippen LogP contribution >= 0.6 is 0 Å². The number of fused-ring (bicyclic) bond motifs is 1. The number of ether oxygens (including phenoxy) is 1. The molecule has 9 heteroatoms. The number of aliphatic hydroxyl groups excluding tert-OH is 4. The van der Waals surface area contributed by atoms with Crippen molar-refractivity contribution in [2.24, 2.45) is 0 Å². The topological polar surface area (TPSA) is 148 Å². The van der Waals surface area contributed by atoms with Gasteiger partial charge in [0, 0.05) is 23.6 Å². The van der Waals surface area contributed by atoms with Gasteiger partial charge in [0.25, 0.3) is 5.56 Å². The van der Waals surface area contributed by atoms with Crippen LogP contribution in [-0.2, 0) is 4.74 Å². The number of aromatic amines is 1. The highest BCUT2D eigenvalue weighted by atomic mass is 16.6. The van der Waals surface area contributed by atoms with E-state index in [1.165, 1.54) is 0 Å². The van der Waals surface area contributed by atoms with Gasteiger partial charge in [0.05, 0.1) is 12.1 Å². The summed E-state index contributed by atoms with van der Waals surface area (Å²) in [5.74, 6) is 0. The Morgan fingerprint density at radius 3 is 2.55 bits per heavy atom. The summed E-state index contributed by atoms with van der Waals surface area (Å²) in [4.78, 5) is 19.3. The van der Waals surface area contributed by atoms with Gasteiger partial charge in [-0.3, -0.25) is 9.78 Å². The summed E-state index contributed by atoms with van der Waals surface area (Å²) >= 11 is 0. The molecule has 1 saturated heterocycles. The second-order valence-corrected chi connectivity index (χ2v) is 6.95. The third-order valence-corrected chi connectivity index (χ3v) is 5.07. The Morgan fingerprint density at radius 1 is 1.07 bits per heavy atom. The number of nitrogens with one attached hydrogen (secondary N) is 2. The van der Waals surface area contributed by atoms with Crippen molar-refractivity contribution in [3.8, 4) is 11.1 Å². The first kappa shape index (κ1) is 19.5. The number of aromatic nitrogens is 2. The first-order chi connectivity index (χ1) is 14.0. The maximum absolute atomic E-state index is 12.5. The molecule has 0 radical (unpaired) electrons. The van der Waals surface area contributed by atoms with Crippen molar-refractivity contribution in [2.45, 2.75) is 30.6 Å². The molecule has 1 fully saturated rings. The lowest BCUT2D eigenvalue weighted by Gasteiger charge is -2.40. The molecular weight excluding hydrogens is 378 g/mol. The average Bonchev–Trinajstić information content (AvgIpc) is 2.73. The van der Waals surface area contributed by atoms with Crippen LogP contribution in [-0.4, -0.2) is 67.6 Å². The van der Waals surface area contributed by atoms with Gasteiger partial charge < -0.3 is 35.5 Å². The van der Waals surface area contributed by atoms with E-state index in [2.05, 4.69) is 15.3 Å². The lowest BCUT2D eigenvalue weighted by molar-refractivity contribution is -0.245. The standard InChI is InChI=1S/C20H21N3O6/c24-9-15-17(25)18(26)16(20(28)29-15)22-12-2-1-11-7-13(10-3-5-21-6-4-10)19(27)23-14(11)8-12/h1-8,15-18,20,22,24-26,28H,9H2,(H,23,27)/t15?,16?,17-,18-,20?/m0/s1. The monoisotopic (exact) mass is 399 g/mol. The van der Waals surface area contributed by atoms with E-state index in [1.807, 2.05) is 0 Å². The predicted octanol–water partition coefficient (Wildman–Crippen LogP) is -0.198. The highest BCUT2D eigenvalue weighted by molar-refractivity contribution is 5.86. The summed E-state index contributed by atoms with van der Waals surface area (Å²) in [5.41, 5.74) is 2.08. The zero-order chi connectivity index (χ0) is 20.5. The SMILES string of the molecule is O=c1[nH]c2cc(NC3C(O)OC(CO)[C@H](O)[C@H]3O)ccc2cc1-c1ccncc1. The summed E-state index contributed by atoms with van der Waals surface area (Å²) in [6, 6.07) is 9.43. The number of benzene rings is 1. The molecule has 0 saturated carbocycles. The van der Waals surface area contributed by atoms with Gasteiger partial charge in [0.2, 0.25) is 0 Å². The Kier molecular flexibility index (Phi) is 5.31. The van der Waals surface area contributed by atoms with Crippen molar-refractivity contribution in [3.63, 3.8) is 0 Å². The minimum absolute atomic E-state index is 0.261. The van der Waals surface area contributed by atoms with Crippen LogP contribution < -0.4 is 10.9 Å². The number of nitrogens with zero attached hydrogens (tertiary/aromatic N) is 1. The number of hydrogen-bond donors (Lipinski definition) is 6. The first-order valence-corrected chi connectivity index (χ1v) is 9.12. The zero-order valence-electron chi connectivity index (χ0n) is 15.3. The lowest BCUT2D eigenvalue weighted by atomic mass is 9.96. The molecule has 2 aromatic heterocycles. The molecule has 3 heterocycles. The van der Waals surface area contributed by atoms with Crippen molar-refractivity contribution >= 4 is 16.6 Å². The van der Waals surface area contributed by atoms with Gasteiger partial charge in [-0.2, -0.15) is 0 Å². The molecule has 0 bridgehead atoms. The highest BCUT2D eigenvalue weighted by Gasteiger charge is 2.43. The zero-order valence-corrected chi connectivity index (χ0v) is 15.3. The summed E-state index contributed by atoms with van der Waals surface area (Å²) in [7, 11) is 0. The number of aliphatic hydroxyl groups is 4. The number of hydrogen-bond acceptors (Lipinski definition) is 8. The molecule has 3 aromatic rings. The van der Waals surface area contributed by atoms with Gasteiger partial charge >= 0.3 is 0 Å². The van der Waals surface area contributed by atoms with Gasteiger partial charge in [0.15, 0.2) is 6.29 Å². The molecule has 1 aliphatic heterocycles. The summed E-state index contributed by atoms with van der Waals surface area (Å²) in [6.45, 7) is -0.529. The largest absolute Gasteiger partial charge is 0.394 e. The number of pyridine rings is 2. The number of rotatable bonds is 4. The van der Waals surface area contributed by atoms with Crippen molar-refractivity contribution < 1.29 is 25.2 Å². The fraction of sp³-hybridized carbons (Fsp3) is 0.300. The van der Waals surface area contributed by atoms with Crippen LogP contribution in [0.1, 0.15) is 0 Å². The van der Waals surface area contributed by atoms with Crippen LogP contribution in [0, 0.1) is 0 Å². The summed E-state index contributed by atoms with van der Waals surface area (Å²) in [6.07, 6.45) is -1.99. The molecule has 1 aliphatic rings. The van der Waals surface area contributed by atoms with E-state index in [1.54, 1.807) is 48.8 Å². The van der Waals surface area contributed by atoms with E-state index < -0.39 is 37.3 Å². The lowest BCUT2D eigenvalue weighted by Crippen LogP contribution is -2.61. The molecule has 9 nitrogen and oxygen atoms in total. The Morgan fingerprint density at radius 2 is 1.83 bits per heavy atom. The maximum atomic E-state index is 12.5. The third kappa shape index (κ3) is 3.74. The molecule has 1 aromatic carbocycles.